The van der Waals surface area contributed by atoms with Gasteiger partial charge in [0.1, 0.15) is 5.82 Å². The van der Waals surface area contributed by atoms with Crippen molar-refractivity contribution < 1.29 is 11.9 Å². The molecule has 1 aromatic carbocycles. The SMILES string of the molecule is [2H]C1([2H])CO[C@@H](CNC)c2c(F)cccc21. The predicted molar refractivity (Wildman–Crippen MR) is 52.7 cm³/mol. The molecule has 0 amide bonds. The molecule has 3 heteroatoms. The van der Waals surface area contributed by atoms with Crippen LogP contribution in [0.25, 0.3) is 0 Å². The van der Waals surface area contributed by atoms with Gasteiger partial charge in [-0.2, -0.15) is 0 Å². The molecule has 1 heterocycles. The predicted octanol–water partition coefficient (Wildman–Crippen LogP) is 1.66. The van der Waals surface area contributed by atoms with E-state index >= 15 is 0 Å². The first kappa shape index (κ1) is 7.37. The molecule has 2 nitrogen and oxygen atoms in total. The second-order valence-electron chi connectivity index (χ2n) is 3.24. The minimum atomic E-state index is -1.61. The highest BCUT2D eigenvalue weighted by Crippen LogP contribution is 2.28. The average Bonchev–Trinajstić information content (AvgIpc) is 2.23. The van der Waals surface area contributed by atoms with E-state index in [4.69, 9.17) is 7.48 Å². The molecule has 0 unspecified atom stereocenters. The lowest BCUT2D eigenvalue weighted by atomic mass is 9.97. The summed E-state index contributed by atoms with van der Waals surface area (Å²) in [6, 6.07) is 4.50. The summed E-state index contributed by atoms with van der Waals surface area (Å²) in [6.45, 7) is 0.444. The van der Waals surface area contributed by atoms with E-state index in [0.29, 0.717) is 17.7 Å². The van der Waals surface area contributed by atoms with Crippen LogP contribution in [-0.4, -0.2) is 20.2 Å². The van der Waals surface area contributed by atoms with Crippen molar-refractivity contribution in [1.29, 1.82) is 0 Å². The van der Waals surface area contributed by atoms with E-state index in [-0.39, 0.29) is 6.61 Å². The maximum Gasteiger partial charge on any atom is 0.129 e. The van der Waals surface area contributed by atoms with Gasteiger partial charge < -0.3 is 10.1 Å². The lowest BCUT2D eigenvalue weighted by molar-refractivity contribution is 0.0410. The van der Waals surface area contributed by atoms with Crippen molar-refractivity contribution in [3.8, 4) is 0 Å². The smallest absolute Gasteiger partial charge is 0.129 e. The van der Waals surface area contributed by atoms with Crippen LogP contribution in [0.5, 0.6) is 0 Å². The van der Waals surface area contributed by atoms with Gasteiger partial charge in [-0.25, -0.2) is 4.39 Å². The Bertz CT molecular complexity index is 398. The van der Waals surface area contributed by atoms with E-state index in [2.05, 4.69) is 5.32 Å². The summed E-state index contributed by atoms with van der Waals surface area (Å²) in [5.41, 5.74) is 0.743. The van der Waals surface area contributed by atoms with Crippen LogP contribution in [0.1, 0.15) is 20.0 Å². The number of nitrogens with one attached hydrogen (secondary N) is 1. The molecule has 1 aliphatic heterocycles. The topological polar surface area (TPSA) is 21.3 Å². The fourth-order valence-electron chi connectivity index (χ4n) is 1.67. The molecule has 0 fully saturated rings. The van der Waals surface area contributed by atoms with E-state index < -0.39 is 18.3 Å². The summed E-state index contributed by atoms with van der Waals surface area (Å²) < 4.78 is 34.6. The van der Waals surface area contributed by atoms with Crippen molar-refractivity contribution in [2.75, 3.05) is 20.2 Å². The Morgan fingerprint density at radius 1 is 1.71 bits per heavy atom. The molecule has 0 bridgehead atoms. The van der Waals surface area contributed by atoms with Gasteiger partial charge in [-0.1, -0.05) is 12.1 Å². The third-order valence-electron chi connectivity index (χ3n) is 2.31. The first-order valence-corrected chi connectivity index (χ1v) is 4.61. The maximum absolute atomic E-state index is 13.7. The molecule has 76 valence electrons. The number of fused-ring (bicyclic) bond motifs is 1. The van der Waals surface area contributed by atoms with Crippen LogP contribution in [0, 0.1) is 5.82 Å². The molecule has 1 aromatic rings. The van der Waals surface area contributed by atoms with Crippen LogP contribution in [0.4, 0.5) is 4.39 Å². The zero-order valence-corrected chi connectivity index (χ0v) is 8.01. The van der Waals surface area contributed by atoms with E-state index in [0.717, 1.165) is 0 Å². The van der Waals surface area contributed by atoms with Gasteiger partial charge in [-0.15, -0.1) is 0 Å². The molecule has 1 aliphatic rings. The third-order valence-corrected chi connectivity index (χ3v) is 2.31. The Labute approximate surface area is 85.9 Å². The standard InChI is InChI=1S/C11H14FNO/c1-13-7-10-11-8(5-6-14-10)3-2-4-9(11)12/h2-4,10,13H,5-7H2,1H3/t10-/m0/s1/i5D2. The van der Waals surface area contributed by atoms with Gasteiger partial charge in [0.2, 0.25) is 0 Å². The first-order chi connectivity index (χ1) is 7.56. The Morgan fingerprint density at radius 2 is 2.57 bits per heavy atom. The number of rotatable bonds is 2. The van der Waals surface area contributed by atoms with Gasteiger partial charge in [-0.3, -0.25) is 0 Å². The molecule has 0 saturated carbocycles. The van der Waals surface area contributed by atoms with Crippen LogP contribution in [0.2, 0.25) is 0 Å². The molecular formula is C11H14FNO. The Balaban J connectivity index is 2.49. The van der Waals surface area contributed by atoms with E-state index in [9.17, 15) is 4.39 Å². The number of likely N-dealkylation sites (N-methyl/N-ethyl adjacent to an activating group) is 1. The highest BCUT2D eigenvalue weighted by molar-refractivity contribution is 5.32. The quantitative estimate of drug-likeness (QED) is 0.778. The molecule has 0 aliphatic carbocycles. The van der Waals surface area contributed by atoms with Crippen LogP contribution in [0.15, 0.2) is 18.2 Å². The molecule has 14 heavy (non-hydrogen) atoms. The van der Waals surface area contributed by atoms with Crippen LogP contribution in [0.3, 0.4) is 0 Å². The zero-order valence-electron chi connectivity index (χ0n) is 10.0. The average molecular weight is 197 g/mol. The number of ether oxygens (including phenoxy) is 1. The third kappa shape index (κ3) is 1.65. The molecular weight excluding hydrogens is 181 g/mol. The minimum absolute atomic E-state index is 0.0319. The number of hydrogen-bond donors (Lipinski definition) is 1. The summed E-state index contributed by atoms with van der Waals surface area (Å²) in [5.74, 6) is -0.402. The van der Waals surface area contributed by atoms with Crippen LogP contribution in [-0.2, 0) is 11.1 Å². The second-order valence-corrected chi connectivity index (χ2v) is 3.24. The van der Waals surface area contributed by atoms with Crippen molar-refractivity contribution in [2.45, 2.75) is 12.5 Å². The molecule has 0 radical (unpaired) electrons. The molecule has 2 rings (SSSR count). The fraction of sp³-hybridized carbons (Fsp3) is 0.455. The zero-order chi connectivity index (χ0) is 11.8. The molecule has 1 atom stereocenters. The lowest BCUT2D eigenvalue weighted by Gasteiger charge is -2.26. The van der Waals surface area contributed by atoms with Crippen molar-refractivity contribution in [2.24, 2.45) is 0 Å². The maximum atomic E-state index is 13.7. The fourth-order valence-corrected chi connectivity index (χ4v) is 1.67. The van der Waals surface area contributed by atoms with Crippen molar-refractivity contribution in [3.63, 3.8) is 0 Å². The highest BCUT2D eigenvalue weighted by atomic mass is 19.1. The molecule has 0 saturated heterocycles. The summed E-state index contributed by atoms with van der Waals surface area (Å²) in [7, 11) is 1.76. The van der Waals surface area contributed by atoms with Gasteiger partial charge in [0.25, 0.3) is 0 Å². The van der Waals surface area contributed by atoms with E-state index in [1.165, 1.54) is 12.1 Å². The van der Waals surface area contributed by atoms with Crippen molar-refractivity contribution >= 4 is 0 Å². The minimum Gasteiger partial charge on any atom is -0.372 e. The summed E-state index contributed by atoms with van der Waals surface area (Å²) in [4.78, 5) is 0. The molecule has 0 spiro atoms. The Hall–Kier alpha value is -0.930. The van der Waals surface area contributed by atoms with Gasteiger partial charge in [-0.05, 0) is 25.1 Å². The van der Waals surface area contributed by atoms with Gasteiger partial charge in [0.05, 0.1) is 12.7 Å². The molecule has 1 N–H and O–H groups in total. The Morgan fingerprint density at radius 3 is 3.36 bits per heavy atom. The monoisotopic (exact) mass is 197 g/mol. The van der Waals surface area contributed by atoms with Crippen molar-refractivity contribution in [1.82, 2.24) is 5.32 Å². The van der Waals surface area contributed by atoms with Gasteiger partial charge in [0, 0.05) is 14.8 Å². The lowest BCUT2D eigenvalue weighted by Crippen LogP contribution is -2.26. The summed E-state index contributed by atoms with van der Waals surface area (Å²) >= 11 is 0. The van der Waals surface area contributed by atoms with Gasteiger partial charge in [0.15, 0.2) is 0 Å². The number of hydrogen-bond acceptors (Lipinski definition) is 2. The summed E-state index contributed by atoms with van der Waals surface area (Å²) in [5, 5.41) is 2.92. The first-order valence-electron chi connectivity index (χ1n) is 5.61. The highest BCUT2D eigenvalue weighted by Gasteiger charge is 2.23. The van der Waals surface area contributed by atoms with Gasteiger partial charge >= 0.3 is 0 Å². The number of benzene rings is 1. The number of halogens is 1. The molecule has 0 aromatic heterocycles. The van der Waals surface area contributed by atoms with Crippen molar-refractivity contribution in [3.05, 3.63) is 35.1 Å². The van der Waals surface area contributed by atoms with E-state index in [1.54, 1.807) is 13.1 Å². The summed E-state index contributed by atoms with van der Waals surface area (Å²) in [6.07, 6.45) is -2.02. The largest absolute Gasteiger partial charge is 0.372 e. The van der Waals surface area contributed by atoms with E-state index in [1.807, 2.05) is 0 Å². The van der Waals surface area contributed by atoms with Crippen LogP contribution >= 0.6 is 0 Å². The van der Waals surface area contributed by atoms with Crippen LogP contribution < -0.4 is 5.32 Å². The second kappa shape index (κ2) is 4.07. The Kier molecular flexibility index (Phi) is 2.14. The normalized spacial score (nSPS) is 26.3.